The van der Waals surface area contributed by atoms with E-state index >= 15 is 0 Å². The quantitative estimate of drug-likeness (QED) is 0.682. The number of H-pyrrole nitrogens is 1. The van der Waals surface area contributed by atoms with Crippen LogP contribution >= 0.6 is 23.1 Å². The lowest BCUT2D eigenvalue weighted by Gasteiger charge is -2.01. The third-order valence-corrected chi connectivity index (χ3v) is 5.74. The van der Waals surface area contributed by atoms with Crippen LogP contribution in [0.4, 0.5) is 0 Å². The molecule has 6 heteroatoms. The molecule has 0 unspecified atom stereocenters. The first-order chi connectivity index (χ1) is 11.1. The Kier molecular flexibility index (Phi) is 3.43. The second-order valence-corrected chi connectivity index (χ2v) is 7.36. The molecule has 0 saturated carbocycles. The summed E-state index contributed by atoms with van der Waals surface area (Å²) in [7, 11) is 0. The highest BCUT2D eigenvalue weighted by atomic mass is 32.2. The van der Waals surface area contributed by atoms with Crippen molar-refractivity contribution in [3.05, 3.63) is 57.0 Å². The molecule has 0 amide bonds. The average molecular weight is 339 g/mol. The molecule has 4 rings (SSSR count). The number of aromatic amines is 1. The highest BCUT2D eigenvalue weighted by Gasteiger charge is 2.38. The van der Waals surface area contributed by atoms with Crippen LogP contribution in [0.5, 0.6) is 0 Å². The number of ketones is 1. The molecular weight excluding hydrogens is 326 g/mol. The lowest BCUT2D eigenvalue weighted by molar-refractivity contribution is -0.114. The van der Waals surface area contributed by atoms with Crippen molar-refractivity contribution < 1.29 is 4.79 Å². The monoisotopic (exact) mass is 339 g/mol. The second kappa shape index (κ2) is 5.47. The summed E-state index contributed by atoms with van der Waals surface area (Å²) in [4.78, 5) is 20.9. The number of aryl methyl sites for hydroxylation is 1. The third kappa shape index (κ3) is 2.34. The first-order valence-electron chi connectivity index (χ1n) is 7.14. The summed E-state index contributed by atoms with van der Waals surface area (Å²) in [6.45, 7) is 2.00. The van der Waals surface area contributed by atoms with E-state index in [1.54, 1.807) is 6.20 Å². The molecule has 0 radical (unpaired) electrons. The maximum absolute atomic E-state index is 12.7. The Labute approximate surface area is 141 Å². The fourth-order valence-electron chi connectivity index (χ4n) is 2.81. The van der Waals surface area contributed by atoms with Crippen molar-refractivity contribution in [2.45, 2.75) is 12.8 Å². The number of Topliss-reactive ketones (excluding diaryl/α,β-unsaturated/α-hetero) is 1. The van der Waals surface area contributed by atoms with Gasteiger partial charge in [0, 0.05) is 33.7 Å². The Morgan fingerprint density at radius 1 is 1.35 bits per heavy atom. The minimum absolute atomic E-state index is 0.0281. The SMILES string of the molecule is Cc1[nH]c2ccccc2c1/C=C1\SC(=N)[C@@H](c2nccs2)C1=O. The van der Waals surface area contributed by atoms with Crippen LogP contribution in [0.15, 0.2) is 40.7 Å². The van der Waals surface area contributed by atoms with Crippen LogP contribution in [0.2, 0.25) is 0 Å². The number of fused-ring (bicyclic) bond motifs is 1. The van der Waals surface area contributed by atoms with E-state index in [1.165, 1.54) is 23.1 Å². The van der Waals surface area contributed by atoms with Crippen molar-refractivity contribution in [2.75, 3.05) is 0 Å². The number of aromatic nitrogens is 2. The fourth-order valence-corrected chi connectivity index (χ4v) is 4.59. The van der Waals surface area contributed by atoms with Crippen LogP contribution < -0.4 is 0 Å². The number of hydrogen-bond acceptors (Lipinski definition) is 5. The molecule has 23 heavy (non-hydrogen) atoms. The summed E-state index contributed by atoms with van der Waals surface area (Å²) < 4.78 is 0. The van der Waals surface area contributed by atoms with Gasteiger partial charge in [0.2, 0.25) is 0 Å². The first kappa shape index (κ1) is 14.4. The number of hydrogen-bond donors (Lipinski definition) is 2. The molecule has 1 aliphatic rings. The van der Waals surface area contributed by atoms with Gasteiger partial charge in [-0.1, -0.05) is 30.0 Å². The molecule has 114 valence electrons. The molecule has 3 aromatic rings. The Morgan fingerprint density at radius 2 is 2.17 bits per heavy atom. The topological polar surface area (TPSA) is 69.6 Å². The van der Waals surface area contributed by atoms with Gasteiger partial charge in [0.1, 0.15) is 10.9 Å². The van der Waals surface area contributed by atoms with E-state index in [4.69, 9.17) is 5.41 Å². The second-order valence-electron chi connectivity index (χ2n) is 5.35. The zero-order valence-corrected chi connectivity index (χ0v) is 13.9. The van der Waals surface area contributed by atoms with Gasteiger partial charge in [-0.15, -0.1) is 11.3 Å². The normalized spacial score (nSPS) is 20.0. The van der Waals surface area contributed by atoms with Crippen LogP contribution in [0.3, 0.4) is 0 Å². The average Bonchev–Trinajstić information content (AvgIpc) is 3.21. The summed E-state index contributed by atoms with van der Waals surface area (Å²) in [5.41, 5.74) is 3.10. The third-order valence-electron chi connectivity index (χ3n) is 3.90. The number of thioether (sulfide) groups is 1. The minimum atomic E-state index is -0.531. The first-order valence-corrected chi connectivity index (χ1v) is 8.83. The Bertz CT molecular complexity index is 954. The standard InChI is InChI=1S/C17H13N3OS2/c1-9-11(10-4-2-3-5-12(10)20-9)8-13-15(21)14(16(18)23-13)17-19-6-7-22-17/h2-8,14,18,20H,1H3/b13-8-,18-16?/t14-/m0/s1. The molecule has 3 heterocycles. The van der Waals surface area contributed by atoms with Gasteiger partial charge < -0.3 is 4.98 Å². The molecule has 1 aromatic carbocycles. The lowest BCUT2D eigenvalue weighted by Crippen LogP contribution is -2.11. The van der Waals surface area contributed by atoms with E-state index in [2.05, 4.69) is 9.97 Å². The number of carbonyl (C=O) groups is 1. The van der Waals surface area contributed by atoms with Crippen molar-refractivity contribution in [1.82, 2.24) is 9.97 Å². The van der Waals surface area contributed by atoms with E-state index in [0.717, 1.165) is 22.2 Å². The van der Waals surface area contributed by atoms with Crippen molar-refractivity contribution >= 4 is 50.9 Å². The van der Waals surface area contributed by atoms with Gasteiger partial charge in [-0.3, -0.25) is 10.2 Å². The summed E-state index contributed by atoms with van der Waals surface area (Å²) in [5.74, 6) is -0.559. The highest BCUT2D eigenvalue weighted by Crippen LogP contribution is 2.42. The van der Waals surface area contributed by atoms with E-state index < -0.39 is 5.92 Å². The molecule has 1 atom stereocenters. The van der Waals surface area contributed by atoms with Gasteiger partial charge in [-0.25, -0.2) is 4.98 Å². The molecule has 4 nitrogen and oxygen atoms in total. The summed E-state index contributed by atoms with van der Waals surface area (Å²) in [6, 6.07) is 8.04. The van der Waals surface area contributed by atoms with Crippen molar-refractivity contribution in [1.29, 1.82) is 5.41 Å². The number of thiazole rings is 1. The molecule has 1 fully saturated rings. The maximum atomic E-state index is 12.7. The number of para-hydroxylation sites is 1. The van der Waals surface area contributed by atoms with Gasteiger partial charge in [0.25, 0.3) is 0 Å². The summed E-state index contributed by atoms with van der Waals surface area (Å²) in [6.07, 6.45) is 3.58. The number of rotatable bonds is 2. The predicted octanol–water partition coefficient (Wildman–Crippen LogP) is 4.35. The minimum Gasteiger partial charge on any atom is -0.358 e. The predicted molar refractivity (Wildman–Crippen MR) is 96.2 cm³/mol. The molecular formula is C17H13N3OS2. The molecule has 2 N–H and O–H groups in total. The molecule has 0 aliphatic carbocycles. The lowest BCUT2D eigenvalue weighted by atomic mass is 10.0. The van der Waals surface area contributed by atoms with Crippen LogP contribution in [-0.2, 0) is 4.79 Å². The van der Waals surface area contributed by atoms with Crippen LogP contribution in [-0.4, -0.2) is 20.8 Å². The van der Waals surface area contributed by atoms with Crippen LogP contribution in [0.25, 0.3) is 17.0 Å². The Balaban J connectivity index is 1.78. The van der Waals surface area contributed by atoms with Gasteiger partial charge in [0.05, 0.1) is 9.95 Å². The molecule has 1 saturated heterocycles. The molecule has 0 bridgehead atoms. The van der Waals surface area contributed by atoms with E-state index in [1.807, 2.05) is 42.6 Å². The zero-order valence-electron chi connectivity index (χ0n) is 12.3. The van der Waals surface area contributed by atoms with Crippen molar-refractivity contribution in [3.8, 4) is 0 Å². The van der Waals surface area contributed by atoms with Gasteiger partial charge >= 0.3 is 0 Å². The fraction of sp³-hybridized carbons (Fsp3) is 0.118. The Morgan fingerprint density at radius 3 is 2.96 bits per heavy atom. The van der Waals surface area contributed by atoms with E-state index in [0.29, 0.717) is 15.0 Å². The van der Waals surface area contributed by atoms with E-state index in [9.17, 15) is 4.79 Å². The van der Waals surface area contributed by atoms with Crippen LogP contribution in [0, 0.1) is 12.3 Å². The van der Waals surface area contributed by atoms with Gasteiger partial charge in [-0.2, -0.15) is 0 Å². The summed E-state index contributed by atoms with van der Waals surface area (Å²) >= 11 is 2.67. The number of benzene rings is 1. The highest BCUT2D eigenvalue weighted by molar-refractivity contribution is 8.19. The number of nitrogens with zero attached hydrogens (tertiary/aromatic N) is 1. The van der Waals surface area contributed by atoms with Crippen LogP contribution in [0.1, 0.15) is 22.2 Å². The van der Waals surface area contributed by atoms with E-state index in [-0.39, 0.29) is 5.78 Å². The van der Waals surface area contributed by atoms with Crippen molar-refractivity contribution in [2.24, 2.45) is 0 Å². The summed E-state index contributed by atoms with van der Waals surface area (Å²) in [5, 5.41) is 12.1. The van der Waals surface area contributed by atoms with Gasteiger partial charge in [-0.05, 0) is 19.1 Å². The largest absolute Gasteiger partial charge is 0.358 e. The smallest absolute Gasteiger partial charge is 0.186 e. The zero-order chi connectivity index (χ0) is 16.0. The van der Waals surface area contributed by atoms with Crippen molar-refractivity contribution in [3.63, 3.8) is 0 Å². The number of carbonyl (C=O) groups excluding carboxylic acids is 1. The molecule has 0 spiro atoms. The molecule has 2 aromatic heterocycles. The molecule has 1 aliphatic heterocycles. The van der Waals surface area contributed by atoms with Gasteiger partial charge in [0.15, 0.2) is 5.78 Å². The maximum Gasteiger partial charge on any atom is 0.186 e. The Hall–Kier alpha value is -2.18. The number of nitrogens with one attached hydrogen (secondary N) is 2. The number of allylic oxidation sites excluding steroid dienone is 1.